The molecule has 3 nitrogen and oxygen atoms in total. The smallest absolute Gasteiger partial charge is 0.253 e. The molecule has 21 heavy (non-hydrogen) atoms. The van der Waals surface area contributed by atoms with Crippen molar-refractivity contribution in [2.45, 2.75) is 32.2 Å². The van der Waals surface area contributed by atoms with E-state index >= 15 is 0 Å². The number of carbonyl (C=O) groups excluding carboxylic acids is 1. The summed E-state index contributed by atoms with van der Waals surface area (Å²) in [5.74, 6) is 0.0707. The van der Waals surface area contributed by atoms with E-state index in [1.807, 2.05) is 11.9 Å². The minimum absolute atomic E-state index is 0.0707. The minimum atomic E-state index is 0.0707. The van der Waals surface area contributed by atoms with Crippen LogP contribution in [0.4, 0.5) is 0 Å². The maximum atomic E-state index is 12.6. The van der Waals surface area contributed by atoms with Crippen LogP contribution < -0.4 is 0 Å². The Labute approximate surface area is 140 Å². The third-order valence-electron chi connectivity index (χ3n) is 4.13. The zero-order valence-electron chi connectivity index (χ0n) is 12.6. The highest BCUT2D eigenvalue weighted by Gasteiger charge is 2.25. The van der Waals surface area contributed by atoms with Gasteiger partial charge in [0.2, 0.25) is 0 Å². The van der Waals surface area contributed by atoms with Crippen molar-refractivity contribution in [2.75, 3.05) is 26.7 Å². The highest BCUT2D eigenvalue weighted by atomic mass is 79.9. The van der Waals surface area contributed by atoms with Crippen LogP contribution in [0.2, 0.25) is 5.02 Å². The summed E-state index contributed by atoms with van der Waals surface area (Å²) in [6, 6.07) is 5.68. The molecule has 0 aromatic heterocycles. The monoisotopic (exact) mass is 372 g/mol. The van der Waals surface area contributed by atoms with Crippen LogP contribution in [0.15, 0.2) is 22.7 Å². The van der Waals surface area contributed by atoms with E-state index in [-0.39, 0.29) is 5.91 Å². The van der Waals surface area contributed by atoms with Crippen molar-refractivity contribution in [2.24, 2.45) is 0 Å². The van der Waals surface area contributed by atoms with Gasteiger partial charge in [-0.1, -0.05) is 18.5 Å². The van der Waals surface area contributed by atoms with E-state index in [2.05, 4.69) is 27.8 Å². The Bertz CT molecular complexity index is 501. The zero-order chi connectivity index (χ0) is 15.4. The molecule has 1 aromatic carbocycles. The molecule has 1 amide bonds. The zero-order valence-corrected chi connectivity index (χ0v) is 15.0. The number of carbonyl (C=O) groups is 1. The van der Waals surface area contributed by atoms with Crippen LogP contribution in [0.3, 0.4) is 0 Å². The van der Waals surface area contributed by atoms with E-state index in [0.717, 1.165) is 36.9 Å². The molecule has 0 spiro atoms. The van der Waals surface area contributed by atoms with Crippen molar-refractivity contribution in [3.8, 4) is 0 Å². The van der Waals surface area contributed by atoms with E-state index in [1.165, 1.54) is 6.42 Å². The number of rotatable bonds is 4. The molecule has 116 valence electrons. The Hall–Kier alpha value is -0.580. The lowest BCUT2D eigenvalue weighted by molar-refractivity contribution is 0.0642. The van der Waals surface area contributed by atoms with Gasteiger partial charge in [0.05, 0.1) is 5.02 Å². The van der Waals surface area contributed by atoms with Crippen molar-refractivity contribution in [1.29, 1.82) is 0 Å². The summed E-state index contributed by atoms with van der Waals surface area (Å²) < 4.78 is 0.765. The molecular formula is C16H22BrClN2O. The average Bonchev–Trinajstić information content (AvgIpc) is 2.50. The molecule has 0 atom stereocenters. The molecule has 1 saturated heterocycles. The lowest BCUT2D eigenvalue weighted by atomic mass is 10.0. The summed E-state index contributed by atoms with van der Waals surface area (Å²) in [6.07, 6.45) is 3.30. The molecular weight excluding hydrogens is 352 g/mol. The molecule has 1 aliphatic heterocycles. The number of likely N-dealkylation sites (tertiary alicyclic amines) is 1. The SMILES string of the molecule is CCCN1CCC(N(C)C(=O)c2ccc(Cl)c(Br)c2)CC1. The predicted molar refractivity (Wildman–Crippen MR) is 91.0 cm³/mol. The van der Waals surface area contributed by atoms with Gasteiger partial charge in [-0.2, -0.15) is 0 Å². The normalized spacial score (nSPS) is 17.0. The summed E-state index contributed by atoms with van der Waals surface area (Å²) in [5, 5.41) is 0.627. The largest absolute Gasteiger partial charge is 0.339 e. The lowest BCUT2D eigenvalue weighted by Crippen LogP contribution is -2.45. The van der Waals surface area contributed by atoms with Crippen LogP contribution in [0.25, 0.3) is 0 Å². The Balaban J connectivity index is 1.98. The number of hydrogen-bond donors (Lipinski definition) is 0. The third-order valence-corrected chi connectivity index (χ3v) is 5.35. The summed E-state index contributed by atoms with van der Waals surface area (Å²) in [4.78, 5) is 16.9. The van der Waals surface area contributed by atoms with E-state index in [4.69, 9.17) is 11.6 Å². The second-order valence-electron chi connectivity index (χ2n) is 5.62. The van der Waals surface area contributed by atoms with Crippen LogP contribution in [0, 0.1) is 0 Å². The first kappa shape index (κ1) is 16.8. The average molecular weight is 374 g/mol. The van der Waals surface area contributed by atoms with Crippen molar-refractivity contribution in [3.63, 3.8) is 0 Å². The fraction of sp³-hybridized carbons (Fsp3) is 0.562. The van der Waals surface area contributed by atoms with E-state index in [9.17, 15) is 4.79 Å². The van der Waals surface area contributed by atoms with E-state index in [1.54, 1.807) is 18.2 Å². The first-order valence-corrected chi connectivity index (χ1v) is 8.64. The Morgan fingerprint density at radius 3 is 2.67 bits per heavy atom. The first-order chi connectivity index (χ1) is 10.0. The second-order valence-corrected chi connectivity index (χ2v) is 6.88. The van der Waals surface area contributed by atoms with Crippen LogP contribution >= 0.6 is 27.5 Å². The first-order valence-electron chi connectivity index (χ1n) is 7.47. The van der Waals surface area contributed by atoms with Crippen LogP contribution in [-0.4, -0.2) is 48.4 Å². The maximum absolute atomic E-state index is 12.6. The number of piperidine rings is 1. The number of benzene rings is 1. The quantitative estimate of drug-likeness (QED) is 0.795. The molecule has 0 radical (unpaired) electrons. The molecule has 0 bridgehead atoms. The molecule has 0 N–H and O–H groups in total. The second kappa shape index (κ2) is 7.61. The molecule has 0 unspecified atom stereocenters. The summed E-state index contributed by atoms with van der Waals surface area (Å²) >= 11 is 9.36. The topological polar surface area (TPSA) is 23.6 Å². The standard InChI is InChI=1S/C16H22BrClN2O/c1-3-8-20-9-6-13(7-10-20)19(2)16(21)12-4-5-15(18)14(17)11-12/h4-5,11,13H,3,6-10H2,1-2H3. The number of amides is 1. The van der Waals surface area contributed by atoms with Gasteiger partial charge in [0.1, 0.15) is 0 Å². The van der Waals surface area contributed by atoms with Crippen LogP contribution in [-0.2, 0) is 0 Å². The van der Waals surface area contributed by atoms with E-state index < -0.39 is 0 Å². The number of hydrogen-bond acceptors (Lipinski definition) is 2. The van der Waals surface area contributed by atoms with Gasteiger partial charge in [-0.3, -0.25) is 4.79 Å². The summed E-state index contributed by atoms with van der Waals surface area (Å²) in [5.41, 5.74) is 0.685. The van der Waals surface area contributed by atoms with Crippen molar-refractivity contribution < 1.29 is 4.79 Å². The van der Waals surface area contributed by atoms with Gasteiger partial charge in [-0.05, 0) is 59.9 Å². The Morgan fingerprint density at radius 2 is 2.10 bits per heavy atom. The van der Waals surface area contributed by atoms with Gasteiger partial charge in [-0.15, -0.1) is 0 Å². The fourth-order valence-corrected chi connectivity index (χ4v) is 3.34. The van der Waals surface area contributed by atoms with Gasteiger partial charge in [0.15, 0.2) is 0 Å². The predicted octanol–water partition coefficient (Wildman–Crippen LogP) is 4.05. The molecule has 5 heteroatoms. The van der Waals surface area contributed by atoms with Gasteiger partial charge in [-0.25, -0.2) is 0 Å². The van der Waals surface area contributed by atoms with Gasteiger partial charge in [0.25, 0.3) is 5.91 Å². The molecule has 2 rings (SSSR count). The Morgan fingerprint density at radius 1 is 1.43 bits per heavy atom. The van der Waals surface area contributed by atoms with Crippen molar-refractivity contribution >= 4 is 33.4 Å². The van der Waals surface area contributed by atoms with Gasteiger partial charge >= 0.3 is 0 Å². The fourth-order valence-electron chi connectivity index (χ4n) is 2.85. The van der Waals surface area contributed by atoms with Gasteiger partial charge < -0.3 is 9.80 Å². The van der Waals surface area contributed by atoms with Crippen LogP contribution in [0.1, 0.15) is 36.5 Å². The van der Waals surface area contributed by atoms with Crippen LogP contribution in [0.5, 0.6) is 0 Å². The minimum Gasteiger partial charge on any atom is -0.339 e. The molecule has 0 aliphatic carbocycles. The highest BCUT2D eigenvalue weighted by Crippen LogP contribution is 2.25. The molecule has 1 heterocycles. The molecule has 1 fully saturated rings. The molecule has 0 saturated carbocycles. The number of nitrogens with zero attached hydrogens (tertiary/aromatic N) is 2. The van der Waals surface area contributed by atoms with Crippen molar-refractivity contribution in [3.05, 3.63) is 33.3 Å². The molecule has 1 aromatic rings. The lowest BCUT2D eigenvalue weighted by Gasteiger charge is -2.36. The third kappa shape index (κ3) is 4.21. The maximum Gasteiger partial charge on any atom is 0.253 e. The Kier molecular flexibility index (Phi) is 6.08. The van der Waals surface area contributed by atoms with E-state index in [0.29, 0.717) is 16.6 Å². The number of halogens is 2. The summed E-state index contributed by atoms with van der Waals surface area (Å²) in [6.45, 7) is 5.54. The molecule has 1 aliphatic rings. The summed E-state index contributed by atoms with van der Waals surface area (Å²) in [7, 11) is 1.91. The van der Waals surface area contributed by atoms with Gasteiger partial charge in [0, 0.05) is 36.2 Å². The highest BCUT2D eigenvalue weighted by molar-refractivity contribution is 9.10. The van der Waals surface area contributed by atoms with Crippen molar-refractivity contribution in [1.82, 2.24) is 9.80 Å².